The number of carbonyl (C=O) groups is 1. The van der Waals surface area contributed by atoms with Crippen molar-refractivity contribution in [3.63, 3.8) is 0 Å². The smallest absolute Gasteiger partial charge is 0.133 e. The van der Waals surface area contributed by atoms with Crippen molar-refractivity contribution in [2.45, 2.75) is 32.6 Å². The Labute approximate surface area is 79.2 Å². The minimum Gasteiger partial charge on any atom is -0.300 e. The summed E-state index contributed by atoms with van der Waals surface area (Å²) in [7, 11) is 0. The van der Waals surface area contributed by atoms with Crippen molar-refractivity contribution >= 4 is 5.78 Å². The quantitative estimate of drug-likeness (QED) is 0.518. The van der Waals surface area contributed by atoms with Crippen LogP contribution in [0.4, 0.5) is 0 Å². The van der Waals surface area contributed by atoms with Crippen LogP contribution in [0.3, 0.4) is 0 Å². The molecule has 4 atom stereocenters. The van der Waals surface area contributed by atoms with Crippen LogP contribution in [-0.2, 0) is 4.79 Å². The van der Waals surface area contributed by atoms with Gasteiger partial charge in [0.05, 0.1) is 0 Å². The van der Waals surface area contributed by atoms with Gasteiger partial charge in [0.15, 0.2) is 0 Å². The van der Waals surface area contributed by atoms with Crippen molar-refractivity contribution in [3.05, 3.63) is 12.2 Å². The van der Waals surface area contributed by atoms with Crippen molar-refractivity contribution < 1.29 is 4.79 Å². The number of fused-ring (bicyclic) bond motifs is 3. The van der Waals surface area contributed by atoms with Gasteiger partial charge in [0, 0.05) is 12.8 Å². The van der Waals surface area contributed by atoms with Crippen molar-refractivity contribution in [3.8, 4) is 0 Å². The summed E-state index contributed by atoms with van der Waals surface area (Å²) in [5.74, 6) is 2.68. The maximum Gasteiger partial charge on any atom is 0.133 e. The first kappa shape index (κ1) is 7.78. The zero-order chi connectivity index (χ0) is 9.22. The molecule has 0 aromatic carbocycles. The topological polar surface area (TPSA) is 17.1 Å². The highest BCUT2D eigenvalue weighted by molar-refractivity contribution is 5.80. The number of hydrogen-bond donors (Lipinski definition) is 0. The third kappa shape index (κ3) is 0.806. The van der Waals surface area contributed by atoms with Crippen LogP contribution < -0.4 is 0 Å². The van der Waals surface area contributed by atoms with Gasteiger partial charge >= 0.3 is 0 Å². The molecule has 13 heavy (non-hydrogen) atoms. The molecule has 0 spiro atoms. The fourth-order valence-corrected chi connectivity index (χ4v) is 3.74. The van der Waals surface area contributed by atoms with E-state index in [0.717, 1.165) is 31.1 Å². The van der Waals surface area contributed by atoms with Crippen LogP contribution in [0.25, 0.3) is 0 Å². The molecule has 3 aliphatic carbocycles. The predicted molar refractivity (Wildman–Crippen MR) is 51.2 cm³/mol. The van der Waals surface area contributed by atoms with Gasteiger partial charge in [0.2, 0.25) is 0 Å². The molecule has 1 nitrogen and oxygen atoms in total. The second-order valence-corrected chi connectivity index (χ2v) is 5.32. The van der Waals surface area contributed by atoms with Crippen molar-refractivity contribution in [1.29, 1.82) is 0 Å². The van der Waals surface area contributed by atoms with E-state index in [1.165, 1.54) is 12.0 Å². The standard InChI is InChI=1S/C12H16O/c1-7-9-6-11(9)12(2)4-3-8(13)5-10(7)12/h9-11H,1,3-6H2,2H3/t9-,10+,11-,12-/m1/s1. The van der Waals surface area contributed by atoms with Crippen LogP contribution in [-0.4, -0.2) is 5.78 Å². The molecule has 0 saturated heterocycles. The van der Waals surface area contributed by atoms with E-state index in [1.54, 1.807) is 0 Å². The molecular formula is C12H16O. The zero-order valence-corrected chi connectivity index (χ0v) is 8.18. The highest BCUT2D eigenvalue weighted by Gasteiger charge is 2.63. The van der Waals surface area contributed by atoms with E-state index in [1.807, 2.05) is 0 Å². The fraction of sp³-hybridized carbons (Fsp3) is 0.750. The second kappa shape index (κ2) is 2.08. The summed E-state index contributed by atoms with van der Waals surface area (Å²) < 4.78 is 0. The molecule has 0 radical (unpaired) electrons. The Hall–Kier alpha value is -0.590. The largest absolute Gasteiger partial charge is 0.300 e. The maximum absolute atomic E-state index is 11.4. The number of carbonyl (C=O) groups excluding carboxylic acids is 1. The van der Waals surface area contributed by atoms with Gasteiger partial charge < -0.3 is 0 Å². The summed E-state index contributed by atoms with van der Waals surface area (Å²) in [6.07, 6.45) is 4.10. The van der Waals surface area contributed by atoms with Gasteiger partial charge in [0.25, 0.3) is 0 Å². The molecule has 0 aliphatic heterocycles. The van der Waals surface area contributed by atoms with E-state index < -0.39 is 0 Å². The van der Waals surface area contributed by atoms with Crippen LogP contribution in [0.5, 0.6) is 0 Å². The van der Waals surface area contributed by atoms with Crippen LogP contribution in [0.15, 0.2) is 12.2 Å². The zero-order valence-electron chi connectivity index (χ0n) is 8.18. The highest BCUT2D eigenvalue weighted by Crippen LogP contribution is 2.70. The third-order valence-electron chi connectivity index (χ3n) is 4.73. The molecule has 0 N–H and O–H groups in total. The summed E-state index contributed by atoms with van der Waals surface area (Å²) in [6.45, 7) is 6.57. The normalized spacial score (nSPS) is 53.2. The summed E-state index contributed by atoms with van der Waals surface area (Å²) in [6, 6.07) is 0. The summed E-state index contributed by atoms with van der Waals surface area (Å²) in [5.41, 5.74) is 1.86. The average molecular weight is 176 g/mol. The van der Waals surface area contributed by atoms with Gasteiger partial charge in [-0.1, -0.05) is 19.1 Å². The maximum atomic E-state index is 11.4. The number of hydrogen-bond acceptors (Lipinski definition) is 1. The summed E-state index contributed by atoms with van der Waals surface area (Å²) >= 11 is 0. The lowest BCUT2D eigenvalue weighted by Crippen LogP contribution is -2.33. The molecule has 70 valence electrons. The molecule has 0 heterocycles. The Balaban J connectivity index is 1.98. The summed E-state index contributed by atoms with van der Waals surface area (Å²) in [4.78, 5) is 11.4. The van der Waals surface area contributed by atoms with E-state index in [4.69, 9.17) is 0 Å². The number of Topliss-reactive ketones (excluding diaryl/α,β-unsaturated/α-hetero) is 1. The first-order valence-corrected chi connectivity index (χ1v) is 5.33. The van der Waals surface area contributed by atoms with Crippen LogP contribution >= 0.6 is 0 Å². The van der Waals surface area contributed by atoms with Gasteiger partial charge in [-0.05, 0) is 36.0 Å². The SMILES string of the molecule is C=C1[C@H]2C[C@H]2[C@]2(C)CCC(=O)C[C@@H]12. The molecule has 0 aromatic rings. The lowest BCUT2D eigenvalue weighted by Gasteiger charge is -2.38. The number of allylic oxidation sites excluding steroid dienone is 1. The van der Waals surface area contributed by atoms with E-state index in [-0.39, 0.29) is 0 Å². The second-order valence-electron chi connectivity index (χ2n) is 5.32. The first-order chi connectivity index (χ1) is 6.13. The summed E-state index contributed by atoms with van der Waals surface area (Å²) in [5, 5.41) is 0. The highest BCUT2D eigenvalue weighted by atomic mass is 16.1. The van der Waals surface area contributed by atoms with Gasteiger partial charge in [-0.25, -0.2) is 0 Å². The van der Waals surface area contributed by atoms with Crippen molar-refractivity contribution in [2.75, 3.05) is 0 Å². The minimum atomic E-state index is 0.454. The minimum absolute atomic E-state index is 0.454. The molecule has 0 amide bonds. The monoisotopic (exact) mass is 176 g/mol. The molecule has 1 heteroatoms. The van der Waals surface area contributed by atoms with Crippen molar-refractivity contribution in [1.82, 2.24) is 0 Å². The number of rotatable bonds is 0. The Kier molecular flexibility index (Phi) is 1.24. The average Bonchev–Trinajstić information content (AvgIpc) is 2.84. The lowest BCUT2D eigenvalue weighted by molar-refractivity contribution is -0.123. The van der Waals surface area contributed by atoms with Gasteiger partial charge in [0.1, 0.15) is 5.78 Å². The Morgan fingerprint density at radius 1 is 1.54 bits per heavy atom. The first-order valence-electron chi connectivity index (χ1n) is 5.33. The Morgan fingerprint density at radius 2 is 2.31 bits per heavy atom. The molecular weight excluding hydrogens is 160 g/mol. The van der Waals surface area contributed by atoms with E-state index in [0.29, 0.717) is 17.1 Å². The van der Waals surface area contributed by atoms with E-state index in [2.05, 4.69) is 13.5 Å². The molecule has 3 fully saturated rings. The Morgan fingerprint density at radius 3 is 3.08 bits per heavy atom. The van der Waals surface area contributed by atoms with Crippen LogP contribution in [0.2, 0.25) is 0 Å². The fourth-order valence-electron chi connectivity index (χ4n) is 3.74. The molecule has 3 aliphatic rings. The lowest BCUT2D eigenvalue weighted by atomic mass is 9.65. The van der Waals surface area contributed by atoms with E-state index >= 15 is 0 Å². The van der Waals surface area contributed by atoms with Gasteiger partial charge in [-0.3, -0.25) is 4.79 Å². The molecule has 0 unspecified atom stereocenters. The molecule has 3 rings (SSSR count). The molecule has 3 saturated carbocycles. The van der Waals surface area contributed by atoms with Crippen LogP contribution in [0.1, 0.15) is 32.6 Å². The number of ketones is 1. The third-order valence-corrected chi connectivity index (χ3v) is 4.73. The van der Waals surface area contributed by atoms with E-state index in [9.17, 15) is 4.79 Å². The van der Waals surface area contributed by atoms with Crippen molar-refractivity contribution in [2.24, 2.45) is 23.2 Å². The predicted octanol–water partition coefficient (Wildman–Crippen LogP) is 2.57. The van der Waals surface area contributed by atoms with Gasteiger partial charge in [-0.15, -0.1) is 0 Å². The van der Waals surface area contributed by atoms with Gasteiger partial charge in [-0.2, -0.15) is 0 Å². The Bertz CT molecular complexity index is 304. The molecule has 0 bridgehead atoms. The van der Waals surface area contributed by atoms with Crippen LogP contribution in [0, 0.1) is 23.2 Å². The molecule has 0 aromatic heterocycles.